The number of hydrogen-bond donors (Lipinski definition) is 2. The van der Waals surface area contributed by atoms with Crippen molar-refractivity contribution in [3.63, 3.8) is 0 Å². The van der Waals surface area contributed by atoms with Crippen LogP contribution in [0.3, 0.4) is 0 Å². The molecule has 0 radical (unpaired) electrons. The molecule has 0 atom stereocenters. The number of carbonyl (C=O) groups is 1. The van der Waals surface area contributed by atoms with E-state index in [1.807, 2.05) is 6.92 Å². The Kier molecular flexibility index (Phi) is 5.13. The Labute approximate surface area is 120 Å². The van der Waals surface area contributed by atoms with Gasteiger partial charge in [-0.3, -0.25) is 4.79 Å². The number of anilines is 1. The lowest BCUT2D eigenvalue weighted by Crippen LogP contribution is -2.38. The van der Waals surface area contributed by atoms with E-state index in [2.05, 4.69) is 4.72 Å². The van der Waals surface area contributed by atoms with Gasteiger partial charge >= 0.3 is 0 Å². The number of likely N-dealkylation sites (N-methyl/N-ethyl adjacent to an activating group) is 1. The summed E-state index contributed by atoms with van der Waals surface area (Å²) in [5.41, 5.74) is 7.31. The maximum absolute atomic E-state index is 12.3. The molecule has 0 aliphatic rings. The molecule has 7 heteroatoms. The largest absolute Gasteiger partial charge is 0.399 e. The molecule has 1 amide bonds. The minimum Gasteiger partial charge on any atom is -0.399 e. The Bertz CT molecular complexity index is 588. The van der Waals surface area contributed by atoms with Crippen LogP contribution in [0.4, 0.5) is 5.69 Å². The van der Waals surface area contributed by atoms with Gasteiger partial charge < -0.3 is 10.6 Å². The number of amides is 1. The van der Waals surface area contributed by atoms with E-state index in [0.717, 1.165) is 0 Å². The first-order chi connectivity index (χ1) is 9.19. The zero-order valence-electron chi connectivity index (χ0n) is 12.2. The van der Waals surface area contributed by atoms with Crippen LogP contribution in [0.2, 0.25) is 0 Å². The zero-order valence-corrected chi connectivity index (χ0v) is 13.0. The molecule has 20 heavy (non-hydrogen) atoms. The van der Waals surface area contributed by atoms with Gasteiger partial charge in [0.15, 0.2) is 0 Å². The summed E-state index contributed by atoms with van der Waals surface area (Å²) >= 11 is 0. The lowest BCUT2D eigenvalue weighted by molar-refractivity contribution is -0.128. The van der Waals surface area contributed by atoms with Crippen molar-refractivity contribution in [2.45, 2.75) is 25.7 Å². The van der Waals surface area contributed by atoms with Gasteiger partial charge in [0.05, 0.1) is 11.4 Å². The van der Waals surface area contributed by atoms with E-state index in [0.29, 0.717) is 23.4 Å². The normalized spacial score (nSPS) is 11.4. The second-order valence-corrected chi connectivity index (χ2v) is 6.42. The van der Waals surface area contributed by atoms with Crippen molar-refractivity contribution in [1.29, 1.82) is 0 Å². The summed E-state index contributed by atoms with van der Waals surface area (Å²) in [6.45, 7) is 5.45. The van der Waals surface area contributed by atoms with Gasteiger partial charge in [-0.05, 0) is 44.0 Å². The van der Waals surface area contributed by atoms with E-state index in [1.165, 1.54) is 4.90 Å². The first-order valence-electron chi connectivity index (χ1n) is 6.29. The Morgan fingerprint density at radius 1 is 1.30 bits per heavy atom. The van der Waals surface area contributed by atoms with Gasteiger partial charge in [-0.2, -0.15) is 0 Å². The molecule has 0 aromatic heterocycles. The topological polar surface area (TPSA) is 92.5 Å². The zero-order chi connectivity index (χ0) is 15.5. The number of sulfonamides is 1. The number of hydrogen-bond acceptors (Lipinski definition) is 4. The van der Waals surface area contributed by atoms with Gasteiger partial charge in [-0.15, -0.1) is 0 Å². The lowest BCUT2D eigenvalue weighted by atomic mass is 10.1. The van der Waals surface area contributed by atoms with Gasteiger partial charge in [0.25, 0.3) is 0 Å². The molecule has 6 nitrogen and oxygen atoms in total. The molecule has 1 rings (SSSR count). The molecule has 0 aliphatic heterocycles. The average Bonchev–Trinajstić information content (AvgIpc) is 2.33. The van der Waals surface area contributed by atoms with Crippen LogP contribution in [0.5, 0.6) is 0 Å². The van der Waals surface area contributed by atoms with E-state index in [4.69, 9.17) is 5.73 Å². The quantitative estimate of drug-likeness (QED) is 0.780. The van der Waals surface area contributed by atoms with Crippen molar-refractivity contribution in [3.05, 3.63) is 23.3 Å². The molecule has 0 fully saturated rings. The van der Waals surface area contributed by atoms with Crippen molar-refractivity contribution >= 4 is 21.6 Å². The Hall–Kier alpha value is -1.60. The SMILES string of the molecule is CCN(C)C(=O)CNS(=O)(=O)c1c(C)cc(N)cc1C. The Morgan fingerprint density at radius 2 is 1.80 bits per heavy atom. The van der Waals surface area contributed by atoms with Gasteiger partial charge in [-0.1, -0.05) is 0 Å². The number of nitrogen functional groups attached to an aromatic ring is 1. The lowest BCUT2D eigenvalue weighted by Gasteiger charge is -2.16. The fourth-order valence-corrected chi connectivity index (χ4v) is 3.37. The molecule has 0 aliphatic carbocycles. The number of carbonyl (C=O) groups excluding carboxylic acids is 1. The molecule has 0 bridgehead atoms. The number of rotatable bonds is 5. The molecule has 112 valence electrons. The molecule has 0 heterocycles. The van der Waals surface area contributed by atoms with E-state index in [9.17, 15) is 13.2 Å². The minimum atomic E-state index is -3.73. The predicted octanol–water partition coefficient (Wildman–Crippen LogP) is 0.642. The third kappa shape index (κ3) is 3.71. The summed E-state index contributed by atoms with van der Waals surface area (Å²) in [6, 6.07) is 3.20. The Balaban J connectivity index is 2.99. The van der Waals surface area contributed by atoms with Crippen LogP contribution in [0, 0.1) is 13.8 Å². The monoisotopic (exact) mass is 299 g/mol. The van der Waals surface area contributed by atoms with E-state index >= 15 is 0 Å². The molecule has 0 spiro atoms. The standard InChI is InChI=1S/C13H21N3O3S/c1-5-16(4)12(17)8-15-20(18,19)13-9(2)6-11(14)7-10(13)3/h6-7,15H,5,8,14H2,1-4H3. The number of nitrogens with two attached hydrogens (primary N) is 1. The number of nitrogens with zero attached hydrogens (tertiary/aromatic N) is 1. The third-order valence-electron chi connectivity index (χ3n) is 3.06. The molecular weight excluding hydrogens is 278 g/mol. The van der Waals surface area contributed by atoms with Crippen LogP contribution in [0.15, 0.2) is 17.0 Å². The predicted molar refractivity (Wildman–Crippen MR) is 78.8 cm³/mol. The summed E-state index contributed by atoms with van der Waals surface area (Å²) in [6.07, 6.45) is 0. The maximum atomic E-state index is 12.3. The molecule has 1 aromatic rings. The van der Waals surface area contributed by atoms with Crippen LogP contribution in [-0.2, 0) is 14.8 Å². The highest BCUT2D eigenvalue weighted by molar-refractivity contribution is 7.89. The van der Waals surface area contributed by atoms with Gasteiger partial charge in [0.1, 0.15) is 0 Å². The fourth-order valence-electron chi connectivity index (χ4n) is 1.95. The first kappa shape index (κ1) is 16.5. The number of aryl methyl sites for hydroxylation is 2. The highest BCUT2D eigenvalue weighted by atomic mass is 32.2. The number of nitrogens with one attached hydrogen (secondary N) is 1. The van der Waals surface area contributed by atoms with Crippen molar-refractivity contribution in [1.82, 2.24) is 9.62 Å². The summed E-state index contributed by atoms with van der Waals surface area (Å²) in [7, 11) is -2.11. The van der Waals surface area contributed by atoms with Crippen LogP contribution < -0.4 is 10.5 Å². The number of benzene rings is 1. The third-order valence-corrected chi connectivity index (χ3v) is 4.77. The van der Waals surface area contributed by atoms with Gasteiger partial charge in [0.2, 0.25) is 15.9 Å². The van der Waals surface area contributed by atoms with Crippen LogP contribution >= 0.6 is 0 Å². The Morgan fingerprint density at radius 3 is 2.25 bits per heavy atom. The van der Waals surface area contributed by atoms with Crippen LogP contribution in [-0.4, -0.2) is 39.4 Å². The fraction of sp³-hybridized carbons (Fsp3) is 0.462. The first-order valence-corrected chi connectivity index (χ1v) is 7.77. The summed E-state index contributed by atoms with van der Waals surface area (Å²) in [5, 5.41) is 0. The highest BCUT2D eigenvalue weighted by Crippen LogP contribution is 2.22. The van der Waals surface area contributed by atoms with Gasteiger partial charge in [0, 0.05) is 19.3 Å². The summed E-state index contributed by atoms with van der Waals surface area (Å²) < 4.78 is 26.9. The van der Waals surface area contributed by atoms with E-state index in [1.54, 1.807) is 33.0 Å². The van der Waals surface area contributed by atoms with E-state index in [-0.39, 0.29) is 17.3 Å². The van der Waals surface area contributed by atoms with Crippen molar-refractivity contribution in [2.75, 3.05) is 25.9 Å². The maximum Gasteiger partial charge on any atom is 0.241 e. The molecule has 0 saturated carbocycles. The molecule has 0 unspecified atom stereocenters. The molecule has 1 aromatic carbocycles. The highest BCUT2D eigenvalue weighted by Gasteiger charge is 2.21. The van der Waals surface area contributed by atoms with Crippen LogP contribution in [0.1, 0.15) is 18.1 Å². The average molecular weight is 299 g/mol. The van der Waals surface area contributed by atoms with Crippen molar-refractivity contribution in [2.24, 2.45) is 0 Å². The molecule has 3 N–H and O–H groups in total. The van der Waals surface area contributed by atoms with Crippen molar-refractivity contribution < 1.29 is 13.2 Å². The van der Waals surface area contributed by atoms with E-state index < -0.39 is 10.0 Å². The van der Waals surface area contributed by atoms with Crippen LogP contribution in [0.25, 0.3) is 0 Å². The molecular formula is C13H21N3O3S. The van der Waals surface area contributed by atoms with Crippen molar-refractivity contribution in [3.8, 4) is 0 Å². The van der Waals surface area contributed by atoms with Gasteiger partial charge in [-0.25, -0.2) is 13.1 Å². The molecule has 0 saturated heterocycles. The summed E-state index contributed by atoms with van der Waals surface area (Å²) in [5.74, 6) is -0.276. The minimum absolute atomic E-state index is 0.179. The second kappa shape index (κ2) is 6.23. The second-order valence-electron chi connectivity index (χ2n) is 4.72. The smallest absolute Gasteiger partial charge is 0.241 e. The summed E-state index contributed by atoms with van der Waals surface area (Å²) in [4.78, 5) is 13.3.